The number of allylic oxidation sites excluding steroid dienone is 1. The van der Waals surface area contributed by atoms with Crippen LogP contribution in [0.1, 0.15) is 40.7 Å². The number of benzene rings is 1. The minimum absolute atomic E-state index is 0.0639. The highest BCUT2D eigenvalue weighted by molar-refractivity contribution is 7.89. The first kappa shape index (κ1) is 17.2. The van der Waals surface area contributed by atoms with Crippen LogP contribution < -0.4 is 0 Å². The van der Waals surface area contributed by atoms with Crippen LogP contribution in [0.4, 0.5) is 0 Å². The molecule has 1 amide bonds. The van der Waals surface area contributed by atoms with Crippen LogP contribution >= 0.6 is 0 Å². The third-order valence-corrected chi connectivity index (χ3v) is 7.11. The number of fused-ring (bicyclic) bond motifs is 1. The van der Waals surface area contributed by atoms with Gasteiger partial charge in [0.1, 0.15) is 0 Å². The van der Waals surface area contributed by atoms with E-state index < -0.39 is 15.3 Å². The number of aryl methyl sites for hydroxylation is 1. The topological polar surface area (TPSA) is 57.7 Å². The summed E-state index contributed by atoms with van der Waals surface area (Å²) in [6, 6.07) is 5.79. The van der Waals surface area contributed by atoms with Crippen molar-refractivity contribution in [3.63, 3.8) is 0 Å². The summed E-state index contributed by atoms with van der Waals surface area (Å²) in [5.74, 6) is -0.0639. The van der Waals surface area contributed by atoms with Crippen molar-refractivity contribution in [2.45, 2.75) is 30.9 Å². The summed E-state index contributed by atoms with van der Waals surface area (Å²) in [6.07, 6.45) is 7.51. The second-order valence-corrected chi connectivity index (χ2v) is 9.12. The molecule has 1 aromatic rings. The van der Waals surface area contributed by atoms with Gasteiger partial charge in [0.2, 0.25) is 10.0 Å². The Bertz CT molecular complexity index is 768. The molecular weight excluding hydrogens is 324 g/mol. The lowest BCUT2D eigenvalue weighted by Crippen LogP contribution is -2.48. The van der Waals surface area contributed by atoms with Gasteiger partial charge in [0, 0.05) is 32.7 Å². The first-order valence-corrected chi connectivity index (χ1v) is 9.90. The SMILES string of the molecule is CN(C)S(=O)(=O)C1CCCN(C(=O)c2ccc3c(c2)CCC=C3)C1. The molecule has 24 heavy (non-hydrogen) atoms. The fraction of sp³-hybridized carbons (Fsp3) is 0.500. The van der Waals surface area contributed by atoms with Gasteiger partial charge in [-0.3, -0.25) is 4.79 Å². The number of nitrogens with zero attached hydrogens (tertiary/aromatic N) is 2. The lowest BCUT2D eigenvalue weighted by molar-refractivity contribution is 0.0726. The summed E-state index contributed by atoms with van der Waals surface area (Å²) in [7, 11) is -0.235. The summed E-state index contributed by atoms with van der Waals surface area (Å²) in [4.78, 5) is 14.5. The molecule has 1 aliphatic carbocycles. The molecule has 0 saturated carbocycles. The summed E-state index contributed by atoms with van der Waals surface area (Å²) < 4.78 is 26.0. The van der Waals surface area contributed by atoms with Crippen molar-refractivity contribution in [3.8, 4) is 0 Å². The molecular formula is C18H24N2O3S. The number of hydrogen-bond acceptors (Lipinski definition) is 3. The molecule has 1 unspecified atom stereocenters. The maximum atomic E-state index is 12.8. The Labute approximate surface area is 144 Å². The lowest BCUT2D eigenvalue weighted by atomic mass is 9.95. The number of carbonyl (C=O) groups is 1. The van der Waals surface area contributed by atoms with Crippen LogP contribution in [0, 0.1) is 0 Å². The summed E-state index contributed by atoms with van der Waals surface area (Å²) in [6.45, 7) is 0.894. The van der Waals surface area contributed by atoms with Gasteiger partial charge in [-0.1, -0.05) is 18.2 Å². The van der Waals surface area contributed by atoms with E-state index in [1.807, 2.05) is 18.2 Å². The van der Waals surface area contributed by atoms with Crippen molar-refractivity contribution >= 4 is 22.0 Å². The molecule has 1 saturated heterocycles. The standard InChI is InChI=1S/C18H24N2O3S/c1-19(2)24(22,23)17-8-5-11-20(13-17)18(21)16-10-9-14-6-3-4-7-15(14)12-16/h3,6,9-10,12,17H,4-5,7-8,11,13H2,1-2H3. The van der Waals surface area contributed by atoms with Crippen molar-refractivity contribution in [1.82, 2.24) is 9.21 Å². The van der Waals surface area contributed by atoms with E-state index in [0.29, 0.717) is 18.5 Å². The summed E-state index contributed by atoms with van der Waals surface area (Å²) in [5.41, 5.74) is 3.02. The van der Waals surface area contributed by atoms with E-state index in [1.165, 1.54) is 15.4 Å². The fourth-order valence-corrected chi connectivity index (χ4v) is 4.84. The van der Waals surface area contributed by atoms with Crippen LogP contribution in [-0.4, -0.2) is 56.0 Å². The van der Waals surface area contributed by atoms with E-state index in [4.69, 9.17) is 0 Å². The molecule has 1 atom stereocenters. The Balaban J connectivity index is 1.79. The predicted molar refractivity (Wildman–Crippen MR) is 95.3 cm³/mol. The first-order chi connectivity index (χ1) is 11.4. The highest BCUT2D eigenvalue weighted by Gasteiger charge is 2.34. The molecule has 0 bridgehead atoms. The van der Waals surface area contributed by atoms with E-state index in [-0.39, 0.29) is 12.5 Å². The Morgan fingerprint density at radius 2 is 2.08 bits per heavy atom. The van der Waals surface area contributed by atoms with Crippen LogP contribution in [-0.2, 0) is 16.4 Å². The average molecular weight is 348 g/mol. The summed E-state index contributed by atoms with van der Waals surface area (Å²) in [5, 5.41) is -0.509. The van der Waals surface area contributed by atoms with E-state index in [0.717, 1.165) is 19.3 Å². The van der Waals surface area contributed by atoms with Gasteiger partial charge in [0.15, 0.2) is 0 Å². The highest BCUT2D eigenvalue weighted by atomic mass is 32.2. The molecule has 1 fully saturated rings. The third kappa shape index (κ3) is 3.26. The van der Waals surface area contributed by atoms with Crippen molar-refractivity contribution in [2.24, 2.45) is 0 Å². The number of likely N-dealkylation sites (tertiary alicyclic amines) is 1. The Kier molecular flexibility index (Phi) is 4.78. The van der Waals surface area contributed by atoms with E-state index in [2.05, 4.69) is 12.2 Å². The van der Waals surface area contributed by atoms with Gasteiger partial charge in [0.05, 0.1) is 5.25 Å². The molecule has 0 aromatic heterocycles. The van der Waals surface area contributed by atoms with Crippen molar-refractivity contribution in [3.05, 3.63) is 41.0 Å². The van der Waals surface area contributed by atoms with Crippen molar-refractivity contribution in [1.29, 1.82) is 0 Å². The monoisotopic (exact) mass is 348 g/mol. The number of sulfonamides is 1. The summed E-state index contributed by atoms with van der Waals surface area (Å²) >= 11 is 0. The number of hydrogen-bond donors (Lipinski definition) is 0. The number of piperidine rings is 1. The number of rotatable bonds is 3. The minimum Gasteiger partial charge on any atom is -0.337 e. The zero-order valence-corrected chi connectivity index (χ0v) is 15.1. The van der Waals surface area contributed by atoms with E-state index >= 15 is 0 Å². The maximum Gasteiger partial charge on any atom is 0.253 e. The molecule has 1 heterocycles. The van der Waals surface area contributed by atoms with Gasteiger partial charge < -0.3 is 4.90 Å². The third-order valence-electron chi connectivity index (χ3n) is 4.86. The average Bonchev–Trinajstić information content (AvgIpc) is 2.60. The Morgan fingerprint density at radius 1 is 1.29 bits per heavy atom. The molecule has 1 aromatic carbocycles. The molecule has 0 radical (unpaired) electrons. The smallest absolute Gasteiger partial charge is 0.253 e. The van der Waals surface area contributed by atoms with E-state index in [9.17, 15) is 13.2 Å². The quantitative estimate of drug-likeness (QED) is 0.841. The predicted octanol–water partition coefficient (Wildman–Crippen LogP) is 2.14. The van der Waals surface area contributed by atoms with Crippen molar-refractivity contribution in [2.75, 3.05) is 27.2 Å². The number of carbonyl (C=O) groups excluding carboxylic acids is 1. The molecule has 0 spiro atoms. The molecule has 5 nitrogen and oxygen atoms in total. The van der Waals surface area contributed by atoms with E-state index in [1.54, 1.807) is 19.0 Å². The maximum absolute atomic E-state index is 12.8. The van der Waals surface area contributed by atoms with Crippen LogP contribution in [0.3, 0.4) is 0 Å². The molecule has 6 heteroatoms. The van der Waals surface area contributed by atoms with Gasteiger partial charge in [-0.25, -0.2) is 12.7 Å². The van der Waals surface area contributed by atoms with Gasteiger partial charge in [-0.2, -0.15) is 0 Å². The molecule has 0 N–H and O–H groups in total. The Morgan fingerprint density at radius 3 is 2.83 bits per heavy atom. The molecule has 130 valence electrons. The second-order valence-electron chi connectivity index (χ2n) is 6.70. The van der Waals surface area contributed by atoms with Gasteiger partial charge in [-0.15, -0.1) is 0 Å². The fourth-order valence-electron chi connectivity index (χ4n) is 3.41. The minimum atomic E-state index is -3.33. The van der Waals surface area contributed by atoms with Crippen LogP contribution in [0.15, 0.2) is 24.3 Å². The van der Waals surface area contributed by atoms with Crippen LogP contribution in [0.25, 0.3) is 6.08 Å². The van der Waals surface area contributed by atoms with Crippen LogP contribution in [0.5, 0.6) is 0 Å². The van der Waals surface area contributed by atoms with Crippen molar-refractivity contribution < 1.29 is 13.2 Å². The zero-order chi connectivity index (χ0) is 17.3. The highest BCUT2D eigenvalue weighted by Crippen LogP contribution is 2.24. The zero-order valence-electron chi connectivity index (χ0n) is 14.2. The molecule has 3 rings (SSSR count). The first-order valence-electron chi connectivity index (χ1n) is 8.39. The van der Waals surface area contributed by atoms with Crippen LogP contribution in [0.2, 0.25) is 0 Å². The normalized spacial score (nSPS) is 21.0. The van der Waals surface area contributed by atoms with Gasteiger partial charge in [0.25, 0.3) is 5.91 Å². The number of amides is 1. The molecule has 1 aliphatic heterocycles. The second kappa shape index (κ2) is 6.69. The Hall–Kier alpha value is -1.66. The largest absolute Gasteiger partial charge is 0.337 e. The van der Waals surface area contributed by atoms with Gasteiger partial charge >= 0.3 is 0 Å². The lowest BCUT2D eigenvalue weighted by Gasteiger charge is -2.33. The van der Waals surface area contributed by atoms with Gasteiger partial charge in [-0.05, 0) is 48.9 Å². The molecule has 2 aliphatic rings.